The van der Waals surface area contributed by atoms with Gasteiger partial charge in [-0.1, -0.05) is 72.8 Å². The van der Waals surface area contributed by atoms with Gasteiger partial charge in [-0.25, -0.2) is 0 Å². The third-order valence-corrected chi connectivity index (χ3v) is 6.74. The molecule has 0 saturated heterocycles. The number of benzene rings is 2. The first-order valence-corrected chi connectivity index (χ1v) is 12.5. The van der Waals surface area contributed by atoms with Gasteiger partial charge in [-0.15, -0.1) is 11.8 Å². The molecule has 0 aliphatic heterocycles. The first-order valence-electron chi connectivity index (χ1n) is 12.5. The number of aliphatic hydroxyl groups is 1. The molecule has 1 aliphatic carbocycles. The van der Waals surface area contributed by atoms with Crippen LogP contribution in [0.15, 0.2) is 89.6 Å². The number of aliphatic imine (C=N–C) groups is 1. The third-order valence-electron chi connectivity index (χ3n) is 6.74. The average molecular weight is 724 g/mol. The molecule has 0 amide bonds. The fourth-order valence-corrected chi connectivity index (χ4v) is 4.81. The molecule has 1 N–H and O–H groups in total. The zero-order valence-corrected chi connectivity index (χ0v) is 27.4. The maximum Gasteiger partial charge on any atom is 2.00 e. The van der Waals surface area contributed by atoms with Crippen LogP contribution >= 0.6 is 0 Å². The predicted molar refractivity (Wildman–Crippen MR) is 155 cm³/mol. The topological polar surface area (TPSA) is 39.1 Å². The summed E-state index contributed by atoms with van der Waals surface area (Å²) in [5.41, 5.74) is 4.54. The van der Waals surface area contributed by atoms with Gasteiger partial charge in [0.1, 0.15) is 5.60 Å². The molecule has 1 aliphatic rings. The van der Waals surface area contributed by atoms with Crippen LogP contribution in [-0.4, -0.2) is 68.5 Å². The molecule has 37 heavy (non-hydrogen) atoms. The van der Waals surface area contributed by atoms with Gasteiger partial charge in [0.05, 0.1) is 0 Å². The number of hydrogen-bond acceptors (Lipinski definition) is 4. The Kier molecular flexibility index (Phi) is 14.6. The first-order chi connectivity index (χ1) is 16.8. The summed E-state index contributed by atoms with van der Waals surface area (Å²) in [5, 5.41) is 12.7. The minimum atomic E-state index is -1.08. The van der Waals surface area contributed by atoms with E-state index >= 15 is 0 Å². The zero-order chi connectivity index (χ0) is 25.3. The number of rotatable bonds is 12. The molecule has 2 atom stereocenters. The van der Waals surface area contributed by atoms with Gasteiger partial charge in [-0.3, -0.25) is 0 Å². The van der Waals surface area contributed by atoms with Gasteiger partial charge in [-0.2, -0.15) is 6.72 Å². The van der Waals surface area contributed by atoms with Crippen molar-refractivity contribution in [1.82, 2.24) is 9.80 Å². The molecule has 0 aromatic heterocycles. The van der Waals surface area contributed by atoms with Crippen molar-refractivity contribution in [3.63, 3.8) is 0 Å². The van der Waals surface area contributed by atoms with E-state index in [9.17, 15) is 5.11 Å². The molecule has 0 fully saturated rings. The normalized spacial score (nSPS) is 15.9. The maximum absolute atomic E-state index is 12.7. The van der Waals surface area contributed by atoms with Crippen LogP contribution in [0.4, 0.5) is 0 Å². The molecular weight excluding hydrogens is 680 g/mol. The summed E-state index contributed by atoms with van der Waals surface area (Å²) < 4.78 is 0. The van der Waals surface area contributed by atoms with Gasteiger partial charge in [0, 0.05) is 19.0 Å². The van der Waals surface area contributed by atoms with Crippen LogP contribution in [0.25, 0.3) is 5.57 Å². The van der Waals surface area contributed by atoms with Crippen LogP contribution in [0.2, 0.25) is 0 Å². The first kappa shape index (κ1) is 33.3. The van der Waals surface area contributed by atoms with Crippen molar-refractivity contribution >= 4 is 12.3 Å². The molecule has 0 bridgehead atoms. The fraction of sp³-hybridized carbons (Fsp3) is 0.375. The second kappa shape index (κ2) is 16.3. The molecule has 4 nitrogen and oxygen atoms in total. The number of aryl methyl sites for hydroxylation is 1. The van der Waals surface area contributed by atoms with Crippen molar-refractivity contribution in [2.75, 3.05) is 41.3 Å². The summed E-state index contributed by atoms with van der Waals surface area (Å²) in [4.78, 5) is 8.08. The van der Waals surface area contributed by atoms with E-state index in [0.29, 0.717) is 6.42 Å². The predicted octanol–water partition coefficient (Wildman–Crippen LogP) is 5.90. The van der Waals surface area contributed by atoms with Gasteiger partial charge in [0.15, 0.2) is 0 Å². The van der Waals surface area contributed by atoms with Crippen LogP contribution < -0.4 is 0 Å². The van der Waals surface area contributed by atoms with Crippen molar-refractivity contribution in [3.8, 4) is 0 Å². The Bertz CT molecular complexity index is 1060. The molecule has 196 valence electrons. The average Bonchev–Trinajstić information content (AvgIpc) is 2.86. The smallest absolute Gasteiger partial charge is 0.467 e. The quantitative estimate of drug-likeness (QED) is 0.169. The summed E-state index contributed by atoms with van der Waals surface area (Å²) in [6.07, 6.45) is 11.6. The van der Waals surface area contributed by atoms with Crippen molar-refractivity contribution in [1.29, 1.82) is 0 Å². The van der Waals surface area contributed by atoms with Crippen LogP contribution in [0, 0.1) is 38.5 Å². The molecule has 2 aromatic carbocycles. The van der Waals surface area contributed by atoms with E-state index in [2.05, 4.69) is 97.6 Å². The summed E-state index contributed by atoms with van der Waals surface area (Å²) in [5.74, 6) is -0.235. The van der Waals surface area contributed by atoms with E-state index in [1.807, 2.05) is 18.2 Å². The van der Waals surface area contributed by atoms with Crippen LogP contribution in [0.1, 0.15) is 41.9 Å². The molecule has 2 unspecified atom stereocenters. The Morgan fingerprint density at radius 1 is 1.03 bits per heavy atom. The standard InChI is InChI=1S/C31H40N3O.CH3.U/c1-32-24-25(20-22-33(2)3)18-19-29(27-13-7-6-8-14-27)31(35,21-23-34(4)5)30-17-11-15-26-12-9-10-16-28(26)30;;/h1,6-10,12-14,16-19,24,29,35H,11,15,20-23H2,2-5H3;1H3;/q2*-1;+2/b19-18+,25-24+;;. The van der Waals surface area contributed by atoms with Crippen molar-refractivity contribution < 1.29 is 36.2 Å². The number of hydrogen-bond donors (Lipinski definition) is 1. The van der Waals surface area contributed by atoms with Crippen molar-refractivity contribution in [2.24, 2.45) is 4.99 Å². The summed E-state index contributed by atoms with van der Waals surface area (Å²) >= 11 is 0. The Morgan fingerprint density at radius 3 is 2.32 bits per heavy atom. The monoisotopic (exact) mass is 723 g/mol. The minimum Gasteiger partial charge on any atom is -0.467 e. The van der Waals surface area contributed by atoms with E-state index in [1.54, 1.807) is 6.20 Å². The summed E-state index contributed by atoms with van der Waals surface area (Å²) in [7, 11) is 8.23. The number of allylic oxidation sites excluding steroid dienone is 2. The van der Waals surface area contributed by atoms with Gasteiger partial charge < -0.3 is 27.3 Å². The fourth-order valence-electron chi connectivity index (χ4n) is 4.81. The molecule has 0 saturated carbocycles. The van der Waals surface area contributed by atoms with E-state index in [-0.39, 0.29) is 44.5 Å². The Labute approximate surface area is 249 Å². The van der Waals surface area contributed by atoms with Gasteiger partial charge in [0.25, 0.3) is 0 Å². The van der Waals surface area contributed by atoms with Crippen molar-refractivity contribution in [2.45, 2.75) is 37.2 Å². The second-order valence-corrected chi connectivity index (χ2v) is 9.94. The minimum absolute atomic E-state index is 0. The molecule has 0 radical (unpaired) electrons. The maximum atomic E-state index is 12.7. The Morgan fingerprint density at radius 2 is 1.68 bits per heavy atom. The molecule has 0 heterocycles. The Hall–Kier alpha value is -1.74. The molecular formula is C32H43N3OU. The van der Waals surface area contributed by atoms with Crippen LogP contribution in [-0.2, 0) is 6.42 Å². The Balaban J connectivity index is 0.00000342. The number of fused-ring (bicyclic) bond motifs is 1. The van der Waals surface area contributed by atoms with Crippen LogP contribution in [0.3, 0.4) is 0 Å². The largest absolute Gasteiger partial charge is 2.00 e. The van der Waals surface area contributed by atoms with E-state index < -0.39 is 5.60 Å². The second-order valence-electron chi connectivity index (χ2n) is 9.94. The summed E-state index contributed by atoms with van der Waals surface area (Å²) in [6.45, 7) is 7.19. The molecule has 0 spiro atoms. The molecule has 5 heteroatoms. The van der Waals surface area contributed by atoms with Crippen molar-refractivity contribution in [3.05, 3.63) is 109 Å². The van der Waals surface area contributed by atoms with E-state index in [1.165, 1.54) is 5.56 Å². The SMILES string of the molecule is [CH-]=N/C=C(\C=C\C(c1ccccc1)C(O)(CCN(C)C)C1=CCCc2ccccc21)CCN(C)C.[CH3-].[U+2]. The van der Waals surface area contributed by atoms with E-state index in [0.717, 1.165) is 54.6 Å². The molecule has 3 rings (SSSR count). The zero-order valence-electron chi connectivity index (χ0n) is 23.2. The molecule has 2 aromatic rings. The van der Waals surface area contributed by atoms with Gasteiger partial charge in [-0.05, 0) is 76.1 Å². The third kappa shape index (κ3) is 9.20. The van der Waals surface area contributed by atoms with Crippen LogP contribution in [0.5, 0.6) is 0 Å². The van der Waals surface area contributed by atoms with E-state index in [4.69, 9.17) is 6.72 Å². The van der Waals surface area contributed by atoms with Gasteiger partial charge >= 0.3 is 31.1 Å². The van der Waals surface area contributed by atoms with Gasteiger partial charge in [0.2, 0.25) is 0 Å². The number of nitrogens with zero attached hydrogens (tertiary/aromatic N) is 3. The summed E-state index contributed by atoms with van der Waals surface area (Å²) in [6, 6.07) is 18.8.